The Morgan fingerprint density at radius 3 is 2.90 bits per heavy atom. The van der Waals surface area contributed by atoms with E-state index in [1.807, 2.05) is 6.92 Å². The number of rotatable bonds is 6. The fourth-order valence-corrected chi connectivity index (χ4v) is 0.499. The standard InChI is InChI=1S/C7H15NO2/c1-3-10-8-6-4-5-7-9-2/h6H,3-5,7H2,1-2H3/b8-6+. The second-order valence-corrected chi connectivity index (χ2v) is 1.84. The summed E-state index contributed by atoms with van der Waals surface area (Å²) < 4.78 is 4.85. The van der Waals surface area contributed by atoms with E-state index in [4.69, 9.17) is 9.57 Å². The number of ether oxygens (including phenoxy) is 1. The third kappa shape index (κ3) is 7.43. The molecule has 0 heterocycles. The van der Waals surface area contributed by atoms with Crippen molar-refractivity contribution < 1.29 is 9.57 Å². The molecule has 0 aliphatic rings. The Labute approximate surface area is 62.0 Å². The van der Waals surface area contributed by atoms with Gasteiger partial charge in [-0.1, -0.05) is 5.16 Å². The molecule has 3 nitrogen and oxygen atoms in total. The van der Waals surface area contributed by atoms with Crippen molar-refractivity contribution in [3.05, 3.63) is 0 Å². The fraction of sp³-hybridized carbons (Fsp3) is 0.857. The minimum Gasteiger partial charge on any atom is -0.396 e. The summed E-state index contributed by atoms with van der Waals surface area (Å²) in [6, 6.07) is 0. The van der Waals surface area contributed by atoms with Crippen LogP contribution in [0.1, 0.15) is 19.8 Å². The van der Waals surface area contributed by atoms with E-state index < -0.39 is 0 Å². The second-order valence-electron chi connectivity index (χ2n) is 1.84. The zero-order valence-corrected chi connectivity index (χ0v) is 6.67. The Balaban J connectivity index is 2.88. The van der Waals surface area contributed by atoms with Gasteiger partial charge in [-0.15, -0.1) is 0 Å². The van der Waals surface area contributed by atoms with Gasteiger partial charge >= 0.3 is 0 Å². The largest absolute Gasteiger partial charge is 0.396 e. The van der Waals surface area contributed by atoms with Gasteiger partial charge in [-0.05, 0) is 19.8 Å². The molecule has 0 radical (unpaired) electrons. The third-order valence-corrected chi connectivity index (χ3v) is 0.960. The molecule has 0 aliphatic heterocycles. The molecule has 3 heteroatoms. The van der Waals surface area contributed by atoms with E-state index in [9.17, 15) is 0 Å². The predicted octanol–water partition coefficient (Wildman–Crippen LogP) is 1.44. The zero-order chi connectivity index (χ0) is 7.66. The summed E-state index contributed by atoms with van der Waals surface area (Å²) in [5, 5.41) is 3.68. The number of unbranched alkanes of at least 4 members (excludes halogenated alkanes) is 1. The van der Waals surface area contributed by atoms with Crippen molar-refractivity contribution in [3.8, 4) is 0 Å². The highest BCUT2D eigenvalue weighted by atomic mass is 16.6. The van der Waals surface area contributed by atoms with Crippen LogP contribution in [-0.4, -0.2) is 26.5 Å². The Kier molecular flexibility index (Phi) is 7.95. The average Bonchev–Trinajstić information content (AvgIpc) is 1.97. The molecule has 0 aliphatic carbocycles. The molecule has 60 valence electrons. The molecule has 10 heavy (non-hydrogen) atoms. The molecule has 0 bridgehead atoms. The van der Waals surface area contributed by atoms with E-state index in [2.05, 4.69) is 5.16 Å². The smallest absolute Gasteiger partial charge is 0.114 e. The fourth-order valence-electron chi connectivity index (χ4n) is 0.499. The van der Waals surface area contributed by atoms with E-state index in [0.29, 0.717) is 6.61 Å². The lowest BCUT2D eigenvalue weighted by Crippen LogP contribution is -1.89. The van der Waals surface area contributed by atoms with Crippen molar-refractivity contribution >= 4 is 6.21 Å². The van der Waals surface area contributed by atoms with E-state index in [0.717, 1.165) is 19.4 Å². The first-order valence-corrected chi connectivity index (χ1v) is 3.54. The Morgan fingerprint density at radius 1 is 1.50 bits per heavy atom. The molecule has 0 aromatic rings. The first-order valence-electron chi connectivity index (χ1n) is 3.54. The van der Waals surface area contributed by atoms with Crippen molar-refractivity contribution in [2.45, 2.75) is 19.8 Å². The lowest BCUT2D eigenvalue weighted by molar-refractivity contribution is 0.159. The minimum absolute atomic E-state index is 0.640. The van der Waals surface area contributed by atoms with E-state index >= 15 is 0 Å². The van der Waals surface area contributed by atoms with E-state index in [1.165, 1.54) is 0 Å². The molecule has 0 fully saturated rings. The van der Waals surface area contributed by atoms with Crippen LogP contribution >= 0.6 is 0 Å². The van der Waals surface area contributed by atoms with Gasteiger partial charge < -0.3 is 9.57 Å². The predicted molar refractivity (Wildman–Crippen MR) is 41.2 cm³/mol. The molecule has 0 rings (SSSR count). The Bertz CT molecular complexity index is 83.7. The van der Waals surface area contributed by atoms with Gasteiger partial charge in [-0.25, -0.2) is 0 Å². The van der Waals surface area contributed by atoms with Crippen LogP contribution in [-0.2, 0) is 9.57 Å². The number of nitrogens with zero attached hydrogens (tertiary/aromatic N) is 1. The van der Waals surface area contributed by atoms with Gasteiger partial charge in [0.15, 0.2) is 0 Å². The Morgan fingerprint density at radius 2 is 2.30 bits per heavy atom. The maximum absolute atomic E-state index is 4.85. The number of hydrogen-bond donors (Lipinski definition) is 0. The van der Waals surface area contributed by atoms with Crippen molar-refractivity contribution in [1.29, 1.82) is 0 Å². The Hall–Kier alpha value is -0.570. The molecule has 0 saturated carbocycles. The van der Waals surface area contributed by atoms with Crippen LogP contribution in [0.3, 0.4) is 0 Å². The second kappa shape index (κ2) is 8.43. The van der Waals surface area contributed by atoms with Crippen molar-refractivity contribution in [3.63, 3.8) is 0 Å². The lowest BCUT2D eigenvalue weighted by atomic mass is 10.3. The molecule has 0 spiro atoms. The SMILES string of the molecule is CCO/N=C/CCCOC. The summed E-state index contributed by atoms with van der Waals surface area (Å²) in [6.45, 7) is 3.34. The quantitative estimate of drug-likeness (QED) is 0.321. The maximum atomic E-state index is 4.85. The van der Waals surface area contributed by atoms with Crippen LogP contribution in [0.25, 0.3) is 0 Å². The number of hydrogen-bond acceptors (Lipinski definition) is 3. The molecule has 0 saturated heterocycles. The van der Waals surface area contributed by atoms with Gasteiger partial charge in [0, 0.05) is 19.9 Å². The summed E-state index contributed by atoms with van der Waals surface area (Å²) in [5.41, 5.74) is 0. The third-order valence-electron chi connectivity index (χ3n) is 0.960. The van der Waals surface area contributed by atoms with Gasteiger partial charge in [0.05, 0.1) is 0 Å². The maximum Gasteiger partial charge on any atom is 0.114 e. The first-order chi connectivity index (χ1) is 4.91. The van der Waals surface area contributed by atoms with Crippen molar-refractivity contribution in [1.82, 2.24) is 0 Å². The summed E-state index contributed by atoms with van der Waals surface area (Å²) in [5.74, 6) is 0. The highest BCUT2D eigenvalue weighted by Gasteiger charge is 1.81. The van der Waals surface area contributed by atoms with Crippen LogP contribution in [0.2, 0.25) is 0 Å². The zero-order valence-electron chi connectivity index (χ0n) is 6.67. The van der Waals surface area contributed by atoms with Gasteiger partial charge in [0.1, 0.15) is 6.61 Å². The summed E-state index contributed by atoms with van der Waals surface area (Å²) in [6.07, 6.45) is 3.70. The number of oxime groups is 1. The summed E-state index contributed by atoms with van der Waals surface area (Å²) >= 11 is 0. The van der Waals surface area contributed by atoms with Gasteiger partial charge in [0.25, 0.3) is 0 Å². The molecular weight excluding hydrogens is 130 g/mol. The summed E-state index contributed by atoms with van der Waals surface area (Å²) in [4.78, 5) is 4.74. The van der Waals surface area contributed by atoms with E-state index in [-0.39, 0.29) is 0 Å². The molecular formula is C7H15NO2. The molecule has 0 atom stereocenters. The molecule has 0 N–H and O–H groups in total. The average molecular weight is 145 g/mol. The lowest BCUT2D eigenvalue weighted by Gasteiger charge is -1.93. The van der Waals surface area contributed by atoms with Crippen LogP contribution < -0.4 is 0 Å². The highest BCUT2D eigenvalue weighted by Crippen LogP contribution is 1.85. The van der Waals surface area contributed by atoms with Crippen molar-refractivity contribution in [2.24, 2.45) is 5.16 Å². The van der Waals surface area contributed by atoms with Crippen LogP contribution in [0.5, 0.6) is 0 Å². The molecule has 0 aromatic carbocycles. The molecule has 0 unspecified atom stereocenters. The van der Waals surface area contributed by atoms with Gasteiger partial charge in [-0.3, -0.25) is 0 Å². The highest BCUT2D eigenvalue weighted by molar-refractivity contribution is 5.56. The van der Waals surface area contributed by atoms with Crippen LogP contribution in [0, 0.1) is 0 Å². The molecule has 0 amide bonds. The van der Waals surface area contributed by atoms with E-state index in [1.54, 1.807) is 13.3 Å². The first kappa shape index (κ1) is 9.43. The van der Waals surface area contributed by atoms with Gasteiger partial charge in [0.2, 0.25) is 0 Å². The van der Waals surface area contributed by atoms with Crippen LogP contribution in [0.15, 0.2) is 5.16 Å². The monoisotopic (exact) mass is 145 g/mol. The molecule has 0 aromatic heterocycles. The van der Waals surface area contributed by atoms with Crippen LogP contribution in [0.4, 0.5) is 0 Å². The minimum atomic E-state index is 0.640. The summed E-state index contributed by atoms with van der Waals surface area (Å²) in [7, 11) is 1.69. The number of methoxy groups -OCH3 is 1. The normalized spacial score (nSPS) is 10.6. The van der Waals surface area contributed by atoms with Crippen molar-refractivity contribution in [2.75, 3.05) is 20.3 Å². The van der Waals surface area contributed by atoms with Gasteiger partial charge in [-0.2, -0.15) is 0 Å². The topological polar surface area (TPSA) is 30.8 Å².